The van der Waals surface area contributed by atoms with E-state index >= 15 is 0 Å². The van der Waals surface area contributed by atoms with E-state index < -0.39 is 17.7 Å². The molecule has 7 nitrogen and oxygen atoms in total. The summed E-state index contributed by atoms with van der Waals surface area (Å²) in [6.07, 6.45) is 4.66. The molecule has 1 aromatic carbocycles. The van der Waals surface area contributed by atoms with Gasteiger partial charge in [-0.15, -0.1) is 0 Å². The van der Waals surface area contributed by atoms with E-state index in [9.17, 15) is 9.90 Å². The zero-order valence-electron chi connectivity index (χ0n) is 15.1. The van der Waals surface area contributed by atoms with Crippen LogP contribution in [0.4, 0.5) is 0 Å². The van der Waals surface area contributed by atoms with Gasteiger partial charge >= 0.3 is 0 Å². The molecule has 0 bridgehead atoms. The van der Waals surface area contributed by atoms with Crippen LogP contribution < -0.4 is 10.5 Å². The monoisotopic (exact) mass is 370 g/mol. The number of hydrogen-bond acceptors (Lipinski definition) is 6. The number of furan rings is 1. The Hall–Kier alpha value is -2.77. The third-order valence-corrected chi connectivity index (χ3v) is 5.12. The molecule has 0 saturated carbocycles. The van der Waals surface area contributed by atoms with Crippen LogP contribution in [-0.2, 0) is 9.53 Å². The second kappa shape index (κ2) is 6.75. The van der Waals surface area contributed by atoms with E-state index in [0.717, 1.165) is 16.7 Å². The summed E-state index contributed by atoms with van der Waals surface area (Å²) < 4.78 is 16.8. The highest BCUT2D eigenvalue weighted by Gasteiger charge is 2.48. The number of hydrogen-bond donors (Lipinski definition) is 2. The van der Waals surface area contributed by atoms with E-state index in [1.807, 2.05) is 31.2 Å². The summed E-state index contributed by atoms with van der Waals surface area (Å²) >= 11 is 0. The van der Waals surface area contributed by atoms with Crippen molar-refractivity contribution in [2.45, 2.75) is 25.1 Å². The minimum atomic E-state index is -1.04. The fourth-order valence-corrected chi connectivity index (χ4v) is 3.60. The van der Waals surface area contributed by atoms with Crippen LogP contribution in [0, 0.1) is 6.92 Å². The normalized spacial score (nSPS) is 25.0. The van der Waals surface area contributed by atoms with Crippen LogP contribution in [0.1, 0.15) is 12.2 Å². The number of nitrogens with two attached hydrogens (primary N) is 1. The first-order chi connectivity index (χ1) is 13.0. The lowest BCUT2D eigenvalue weighted by Crippen LogP contribution is -2.60. The van der Waals surface area contributed by atoms with Crippen LogP contribution in [0.3, 0.4) is 0 Å². The van der Waals surface area contributed by atoms with Crippen molar-refractivity contribution in [3.8, 4) is 5.75 Å². The van der Waals surface area contributed by atoms with E-state index in [-0.39, 0.29) is 13.2 Å². The maximum Gasteiger partial charge on any atom is 0.245 e. The SMILES string of the molecule is Cc1cc2cc(OCC3=CC=CN(C4(C(N)=O)CCOC4)C3O)ccc2o1. The number of aliphatic hydroxyl groups is 1. The Labute approximate surface area is 156 Å². The molecule has 0 radical (unpaired) electrons. The molecule has 4 rings (SSSR count). The molecule has 27 heavy (non-hydrogen) atoms. The third kappa shape index (κ3) is 3.09. The fraction of sp³-hybridized carbons (Fsp3) is 0.350. The average Bonchev–Trinajstić information content (AvgIpc) is 3.27. The lowest BCUT2D eigenvalue weighted by Gasteiger charge is -2.42. The molecule has 3 N–H and O–H groups in total. The minimum Gasteiger partial charge on any atom is -0.489 e. The number of carbonyl (C=O) groups is 1. The second-order valence-electron chi connectivity index (χ2n) is 6.91. The third-order valence-electron chi connectivity index (χ3n) is 5.12. The lowest BCUT2D eigenvalue weighted by atomic mass is 9.93. The summed E-state index contributed by atoms with van der Waals surface area (Å²) in [4.78, 5) is 13.6. The van der Waals surface area contributed by atoms with Crippen LogP contribution in [0.15, 0.2) is 52.6 Å². The first-order valence-corrected chi connectivity index (χ1v) is 8.84. The van der Waals surface area contributed by atoms with Crippen molar-refractivity contribution in [1.29, 1.82) is 0 Å². The van der Waals surface area contributed by atoms with Gasteiger partial charge in [0.05, 0.1) is 6.61 Å². The number of ether oxygens (including phenoxy) is 2. The molecular formula is C20H22N2O5. The van der Waals surface area contributed by atoms with Crippen molar-refractivity contribution in [3.63, 3.8) is 0 Å². The number of rotatable bonds is 5. The Morgan fingerprint density at radius 3 is 3.04 bits per heavy atom. The molecule has 142 valence electrons. The molecule has 2 aliphatic rings. The van der Waals surface area contributed by atoms with Crippen molar-refractivity contribution in [2.24, 2.45) is 5.73 Å². The molecular weight excluding hydrogens is 348 g/mol. The number of amides is 1. The maximum absolute atomic E-state index is 12.1. The predicted molar refractivity (Wildman–Crippen MR) is 98.9 cm³/mol. The van der Waals surface area contributed by atoms with Gasteiger partial charge in [0, 0.05) is 30.2 Å². The van der Waals surface area contributed by atoms with Gasteiger partial charge in [0.25, 0.3) is 0 Å². The maximum atomic E-state index is 12.1. The van der Waals surface area contributed by atoms with Crippen LogP contribution >= 0.6 is 0 Å². The number of benzene rings is 1. The Kier molecular flexibility index (Phi) is 4.41. The summed E-state index contributed by atoms with van der Waals surface area (Å²) in [7, 11) is 0. The lowest BCUT2D eigenvalue weighted by molar-refractivity contribution is -0.134. The van der Waals surface area contributed by atoms with Crippen molar-refractivity contribution < 1.29 is 23.8 Å². The first kappa shape index (κ1) is 17.6. The van der Waals surface area contributed by atoms with Gasteiger partial charge in [0.15, 0.2) is 6.23 Å². The highest BCUT2D eigenvalue weighted by molar-refractivity contribution is 5.85. The summed E-state index contributed by atoms with van der Waals surface area (Å²) in [5.41, 5.74) is 6.02. The Bertz CT molecular complexity index is 924. The molecule has 2 aromatic rings. The zero-order chi connectivity index (χ0) is 19.0. The van der Waals surface area contributed by atoms with Gasteiger partial charge in [0.1, 0.15) is 29.2 Å². The number of aliphatic hydroxyl groups excluding tert-OH is 1. The van der Waals surface area contributed by atoms with E-state index in [4.69, 9.17) is 19.6 Å². The van der Waals surface area contributed by atoms with E-state index in [2.05, 4.69) is 0 Å². The number of nitrogens with zero attached hydrogens (tertiary/aromatic N) is 1. The van der Waals surface area contributed by atoms with Crippen LogP contribution in [-0.4, -0.2) is 47.5 Å². The zero-order valence-corrected chi connectivity index (χ0v) is 15.1. The molecule has 1 fully saturated rings. The minimum absolute atomic E-state index is 0.161. The second-order valence-corrected chi connectivity index (χ2v) is 6.91. The van der Waals surface area contributed by atoms with Crippen LogP contribution in [0.2, 0.25) is 0 Å². The molecule has 2 atom stereocenters. The molecule has 2 aliphatic heterocycles. The number of aryl methyl sites for hydroxylation is 1. The summed E-state index contributed by atoms with van der Waals surface area (Å²) in [6, 6.07) is 7.51. The summed E-state index contributed by atoms with van der Waals surface area (Å²) in [5.74, 6) is 1.00. The summed E-state index contributed by atoms with van der Waals surface area (Å²) in [6.45, 7) is 2.67. The largest absolute Gasteiger partial charge is 0.489 e. The van der Waals surface area contributed by atoms with Crippen molar-refractivity contribution >= 4 is 16.9 Å². The Morgan fingerprint density at radius 1 is 1.44 bits per heavy atom. The van der Waals surface area contributed by atoms with E-state index in [1.54, 1.807) is 23.3 Å². The van der Waals surface area contributed by atoms with Crippen molar-refractivity contribution in [3.05, 3.63) is 54.0 Å². The standard InChI is InChI=1S/C20H22N2O5/c1-13-9-15-10-16(4-5-17(15)27-13)26-11-14-3-2-7-22(18(14)23)20(19(21)24)6-8-25-12-20/h2-5,7,9-10,18,23H,6,8,11-12H2,1H3,(H2,21,24). The molecule has 1 saturated heterocycles. The van der Waals surface area contributed by atoms with Gasteiger partial charge in [-0.3, -0.25) is 4.79 Å². The highest BCUT2D eigenvalue weighted by Crippen LogP contribution is 2.32. The molecule has 1 amide bonds. The van der Waals surface area contributed by atoms with Crippen LogP contribution in [0.5, 0.6) is 5.75 Å². The smallest absolute Gasteiger partial charge is 0.245 e. The van der Waals surface area contributed by atoms with Crippen LogP contribution in [0.25, 0.3) is 11.0 Å². The highest BCUT2D eigenvalue weighted by atomic mass is 16.5. The first-order valence-electron chi connectivity index (χ1n) is 8.84. The van der Waals surface area contributed by atoms with Gasteiger partial charge < -0.3 is 29.6 Å². The van der Waals surface area contributed by atoms with Gasteiger partial charge in [0.2, 0.25) is 5.91 Å². The Morgan fingerprint density at radius 2 is 2.30 bits per heavy atom. The van der Waals surface area contributed by atoms with Gasteiger partial charge in [-0.1, -0.05) is 6.08 Å². The molecule has 2 unspecified atom stereocenters. The fourth-order valence-electron chi connectivity index (χ4n) is 3.60. The topological polar surface area (TPSA) is 98.2 Å². The molecule has 0 aliphatic carbocycles. The molecule has 3 heterocycles. The van der Waals surface area contributed by atoms with Crippen molar-refractivity contribution in [2.75, 3.05) is 19.8 Å². The van der Waals surface area contributed by atoms with Gasteiger partial charge in [-0.25, -0.2) is 0 Å². The number of carbonyl (C=O) groups excluding carboxylic acids is 1. The van der Waals surface area contributed by atoms with Gasteiger partial charge in [-0.2, -0.15) is 0 Å². The quantitative estimate of drug-likeness (QED) is 0.833. The van der Waals surface area contributed by atoms with Crippen molar-refractivity contribution in [1.82, 2.24) is 4.90 Å². The van der Waals surface area contributed by atoms with Gasteiger partial charge in [-0.05, 0) is 37.3 Å². The summed E-state index contributed by atoms with van der Waals surface area (Å²) in [5, 5.41) is 11.8. The number of primary amides is 1. The molecule has 0 spiro atoms. The number of allylic oxidation sites excluding steroid dienone is 2. The van der Waals surface area contributed by atoms with E-state index in [0.29, 0.717) is 24.4 Å². The molecule has 7 heteroatoms. The number of fused-ring (bicyclic) bond motifs is 1. The average molecular weight is 370 g/mol. The van der Waals surface area contributed by atoms with E-state index in [1.165, 1.54) is 0 Å². The molecule has 1 aromatic heterocycles. The predicted octanol–water partition coefficient (Wildman–Crippen LogP) is 1.84. The Balaban J connectivity index is 1.49.